The van der Waals surface area contributed by atoms with Crippen LogP contribution in [0.15, 0.2) is 54.6 Å². The Morgan fingerprint density at radius 1 is 1.07 bits per heavy atom. The summed E-state index contributed by atoms with van der Waals surface area (Å²) in [4.78, 5) is 12.8. The molecule has 2 N–H and O–H groups in total. The molecule has 1 unspecified atom stereocenters. The van der Waals surface area contributed by atoms with Crippen LogP contribution < -0.4 is 10.6 Å². The average molecular weight is 383 g/mol. The van der Waals surface area contributed by atoms with Gasteiger partial charge in [-0.15, -0.1) is 0 Å². The van der Waals surface area contributed by atoms with Crippen LogP contribution in [0, 0.1) is 0 Å². The lowest BCUT2D eigenvalue weighted by molar-refractivity contribution is -0.122. The first-order chi connectivity index (χ1) is 13.6. The highest BCUT2D eigenvalue weighted by molar-refractivity contribution is 5.86. The maximum Gasteiger partial charge on any atom is 0.247 e. The molecule has 0 radical (unpaired) electrons. The molecule has 1 aliphatic rings. The van der Waals surface area contributed by atoms with E-state index < -0.39 is 6.04 Å². The topological polar surface area (TPSA) is 59.6 Å². The Morgan fingerprint density at radius 2 is 1.86 bits per heavy atom. The molecule has 1 fully saturated rings. The summed E-state index contributed by atoms with van der Waals surface area (Å²) in [5, 5.41) is 6.50. The summed E-state index contributed by atoms with van der Waals surface area (Å²) in [6.07, 6.45) is 2.36. The Hall–Kier alpha value is -2.37. The smallest absolute Gasteiger partial charge is 0.247 e. The quantitative estimate of drug-likeness (QED) is 0.576. The highest BCUT2D eigenvalue weighted by Gasteiger charge is 2.28. The van der Waals surface area contributed by atoms with Crippen molar-refractivity contribution in [1.82, 2.24) is 5.32 Å². The molecule has 0 spiro atoms. The van der Waals surface area contributed by atoms with Crippen LogP contribution in [0.5, 0.6) is 0 Å². The van der Waals surface area contributed by atoms with Crippen LogP contribution in [-0.4, -0.2) is 31.3 Å². The molecule has 5 nitrogen and oxygen atoms in total. The standard InChI is InChI=1S/C23H30N2O3/c1-17(2)28-14-13-27-16-18-7-6-10-21(15-18)24-22(19-8-4-3-5-9-19)23(26)25-20-11-12-20/h3-10,15,17,20,22,24H,11-14,16H2,1-2H3,(H,25,26). The van der Waals surface area contributed by atoms with Crippen LogP contribution in [0.3, 0.4) is 0 Å². The first-order valence-electron chi connectivity index (χ1n) is 10.0. The van der Waals surface area contributed by atoms with Crippen molar-refractivity contribution in [3.05, 3.63) is 65.7 Å². The summed E-state index contributed by atoms with van der Waals surface area (Å²) >= 11 is 0. The fourth-order valence-corrected chi connectivity index (χ4v) is 2.91. The molecule has 0 bridgehead atoms. The van der Waals surface area contributed by atoms with Gasteiger partial charge in [0.25, 0.3) is 0 Å². The Balaban J connectivity index is 1.61. The SMILES string of the molecule is CC(C)OCCOCc1cccc(NC(C(=O)NC2CC2)c2ccccc2)c1. The molecule has 2 aromatic carbocycles. The molecule has 5 heteroatoms. The van der Waals surface area contributed by atoms with Gasteiger partial charge in [-0.2, -0.15) is 0 Å². The van der Waals surface area contributed by atoms with Crippen LogP contribution >= 0.6 is 0 Å². The molecule has 0 heterocycles. The number of ether oxygens (including phenoxy) is 2. The van der Waals surface area contributed by atoms with Gasteiger partial charge in [-0.25, -0.2) is 0 Å². The van der Waals surface area contributed by atoms with Gasteiger partial charge in [0.15, 0.2) is 0 Å². The lowest BCUT2D eigenvalue weighted by atomic mass is 10.1. The molecule has 150 valence electrons. The Bertz CT molecular complexity index is 745. The Kier molecular flexibility index (Phi) is 7.46. The van der Waals surface area contributed by atoms with Crippen LogP contribution in [0.2, 0.25) is 0 Å². The van der Waals surface area contributed by atoms with Gasteiger partial charge in [0, 0.05) is 11.7 Å². The third-order valence-electron chi connectivity index (χ3n) is 4.50. The van der Waals surface area contributed by atoms with Crippen molar-refractivity contribution in [2.45, 2.75) is 51.5 Å². The van der Waals surface area contributed by atoms with Crippen molar-refractivity contribution in [3.8, 4) is 0 Å². The van der Waals surface area contributed by atoms with Crippen LogP contribution in [0.4, 0.5) is 5.69 Å². The van der Waals surface area contributed by atoms with E-state index in [2.05, 4.69) is 10.6 Å². The molecular formula is C23H30N2O3. The minimum absolute atomic E-state index is 0.0150. The minimum atomic E-state index is -0.419. The van der Waals surface area contributed by atoms with E-state index in [1.54, 1.807) is 0 Å². The van der Waals surface area contributed by atoms with Gasteiger partial charge in [-0.1, -0.05) is 42.5 Å². The summed E-state index contributed by atoms with van der Waals surface area (Å²) in [7, 11) is 0. The predicted molar refractivity (Wildman–Crippen MR) is 111 cm³/mol. The number of carbonyl (C=O) groups excluding carboxylic acids is 1. The zero-order chi connectivity index (χ0) is 19.8. The Labute approximate surface area is 167 Å². The molecule has 1 amide bonds. The van der Waals surface area contributed by atoms with E-state index in [0.717, 1.165) is 29.7 Å². The zero-order valence-corrected chi connectivity index (χ0v) is 16.7. The van der Waals surface area contributed by atoms with Crippen LogP contribution in [0.25, 0.3) is 0 Å². The maximum atomic E-state index is 12.8. The van der Waals surface area contributed by atoms with E-state index in [4.69, 9.17) is 9.47 Å². The second-order valence-electron chi connectivity index (χ2n) is 7.44. The van der Waals surface area contributed by atoms with E-state index in [0.29, 0.717) is 25.9 Å². The number of amides is 1. The molecule has 1 aliphatic carbocycles. The molecule has 3 rings (SSSR count). The van der Waals surface area contributed by atoms with Crippen molar-refractivity contribution >= 4 is 11.6 Å². The fraction of sp³-hybridized carbons (Fsp3) is 0.435. The van der Waals surface area contributed by atoms with Gasteiger partial charge >= 0.3 is 0 Å². The normalized spacial score (nSPS) is 14.7. The summed E-state index contributed by atoms with van der Waals surface area (Å²) in [5.74, 6) is 0.0150. The highest BCUT2D eigenvalue weighted by atomic mass is 16.5. The number of carbonyl (C=O) groups is 1. The number of anilines is 1. The van der Waals surface area contributed by atoms with E-state index >= 15 is 0 Å². The molecule has 0 aromatic heterocycles. The largest absolute Gasteiger partial charge is 0.376 e. The molecular weight excluding hydrogens is 352 g/mol. The van der Waals surface area contributed by atoms with Gasteiger partial charge < -0.3 is 20.1 Å². The van der Waals surface area contributed by atoms with E-state index in [9.17, 15) is 4.79 Å². The number of rotatable bonds is 11. The van der Waals surface area contributed by atoms with Crippen molar-refractivity contribution in [3.63, 3.8) is 0 Å². The lowest BCUT2D eigenvalue weighted by Crippen LogP contribution is -2.34. The second kappa shape index (κ2) is 10.2. The molecule has 1 saturated carbocycles. The molecule has 0 aliphatic heterocycles. The van der Waals surface area contributed by atoms with E-state index in [1.165, 1.54) is 0 Å². The monoisotopic (exact) mass is 382 g/mol. The fourth-order valence-electron chi connectivity index (χ4n) is 2.91. The van der Waals surface area contributed by atoms with Gasteiger partial charge in [-0.3, -0.25) is 4.79 Å². The first kappa shape index (κ1) is 20.4. The maximum absolute atomic E-state index is 12.8. The minimum Gasteiger partial charge on any atom is -0.376 e. The van der Waals surface area contributed by atoms with Crippen molar-refractivity contribution in [2.24, 2.45) is 0 Å². The predicted octanol–water partition coefficient (Wildman–Crippen LogP) is 4.06. The summed E-state index contributed by atoms with van der Waals surface area (Å²) in [6.45, 7) is 5.69. The summed E-state index contributed by atoms with van der Waals surface area (Å²) < 4.78 is 11.2. The average Bonchev–Trinajstić information content (AvgIpc) is 3.50. The van der Waals surface area contributed by atoms with Gasteiger partial charge in [0.1, 0.15) is 6.04 Å². The van der Waals surface area contributed by atoms with E-state index in [-0.39, 0.29) is 12.0 Å². The highest BCUT2D eigenvalue weighted by Crippen LogP contribution is 2.24. The summed E-state index contributed by atoms with van der Waals surface area (Å²) in [6, 6.07) is 17.7. The van der Waals surface area contributed by atoms with Gasteiger partial charge in [0.2, 0.25) is 5.91 Å². The molecule has 28 heavy (non-hydrogen) atoms. The van der Waals surface area contributed by atoms with Gasteiger partial charge in [0.05, 0.1) is 25.9 Å². The second-order valence-corrected chi connectivity index (χ2v) is 7.44. The Morgan fingerprint density at radius 3 is 2.57 bits per heavy atom. The number of hydrogen-bond acceptors (Lipinski definition) is 4. The van der Waals surface area contributed by atoms with Crippen LogP contribution in [0.1, 0.15) is 43.9 Å². The third kappa shape index (κ3) is 6.66. The van der Waals surface area contributed by atoms with Crippen molar-refractivity contribution in [1.29, 1.82) is 0 Å². The lowest BCUT2D eigenvalue weighted by Gasteiger charge is -2.20. The van der Waals surface area contributed by atoms with Crippen LogP contribution in [-0.2, 0) is 20.9 Å². The van der Waals surface area contributed by atoms with Crippen molar-refractivity contribution in [2.75, 3.05) is 18.5 Å². The molecule has 1 atom stereocenters. The zero-order valence-electron chi connectivity index (χ0n) is 16.7. The van der Waals surface area contributed by atoms with E-state index in [1.807, 2.05) is 68.4 Å². The summed E-state index contributed by atoms with van der Waals surface area (Å²) in [5.41, 5.74) is 2.91. The van der Waals surface area contributed by atoms with Gasteiger partial charge in [-0.05, 0) is 49.9 Å². The third-order valence-corrected chi connectivity index (χ3v) is 4.50. The number of nitrogens with one attached hydrogen (secondary N) is 2. The van der Waals surface area contributed by atoms with Crippen molar-refractivity contribution < 1.29 is 14.3 Å². The molecule has 2 aromatic rings. The molecule has 0 saturated heterocycles. The first-order valence-corrected chi connectivity index (χ1v) is 10.0. The number of benzene rings is 2. The number of hydrogen-bond donors (Lipinski definition) is 2.